The smallest absolute Gasteiger partial charge is 0.313 e. The molecule has 1 atom stereocenters. The van der Waals surface area contributed by atoms with E-state index in [1.807, 2.05) is 0 Å². The zero-order chi connectivity index (χ0) is 14.0. The Bertz CT molecular complexity index is 524. The van der Waals surface area contributed by atoms with Gasteiger partial charge < -0.3 is 15.3 Å². The van der Waals surface area contributed by atoms with Crippen molar-refractivity contribution < 1.29 is 19.1 Å². The molecule has 0 radical (unpaired) electrons. The summed E-state index contributed by atoms with van der Waals surface area (Å²) in [5.41, 5.74) is -0.148. The molecule has 1 aromatic carbocycles. The van der Waals surface area contributed by atoms with E-state index in [2.05, 4.69) is 5.32 Å². The van der Waals surface area contributed by atoms with Crippen molar-refractivity contribution in [3.63, 3.8) is 0 Å². The van der Waals surface area contributed by atoms with Crippen LogP contribution in [0.5, 0.6) is 0 Å². The van der Waals surface area contributed by atoms with Gasteiger partial charge in [0.1, 0.15) is 5.82 Å². The molecule has 1 heterocycles. The predicted molar refractivity (Wildman–Crippen MR) is 67.2 cm³/mol. The number of likely N-dealkylation sites (tertiary alicyclic amines) is 1. The average molecular weight is 287 g/mol. The molecule has 1 fully saturated rings. The molecule has 19 heavy (non-hydrogen) atoms. The third-order valence-electron chi connectivity index (χ3n) is 2.82. The molecule has 1 aromatic rings. The van der Waals surface area contributed by atoms with Crippen LogP contribution >= 0.6 is 11.6 Å². The summed E-state index contributed by atoms with van der Waals surface area (Å²) in [4.78, 5) is 24.6. The van der Waals surface area contributed by atoms with E-state index in [0.29, 0.717) is 13.0 Å². The van der Waals surface area contributed by atoms with E-state index < -0.39 is 23.7 Å². The Labute approximate surface area is 114 Å². The van der Waals surface area contributed by atoms with Crippen LogP contribution in [0.1, 0.15) is 6.42 Å². The van der Waals surface area contributed by atoms with E-state index in [4.69, 9.17) is 11.6 Å². The number of nitrogens with one attached hydrogen (secondary N) is 1. The third kappa shape index (κ3) is 3.21. The molecule has 0 aliphatic carbocycles. The number of aliphatic hydroxyl groups is 1. The van der Waals surface area contributed by atoms with Gasteiger partial charge in [0.2, 0.25) is 0 Å². The highest BCUT2D eigenvalue weighted by Gasteiger charge is 2.29. The normalized spacial score (nSPS) is 18.5. The van der Waals surface area contributed by atoms with Gasteiger partial charge in [0.05, 0.1) is 11.8 Å². The van der Waals surface area contributed by atoms with Crippen LogP contribution in [0.2, 0.25) is 5.02 Å². The fraction of sp³-hybridized carbons (Fsp3) is 0.333. The quantitative estimate of drug-likeness (QED) is 0.757. The fourth-order valence-corrected chi connectivity index (χ4v) is 2.01. The molecule has 5 nitrogen and oxygen atoms in total. The first-order chi connectivity index (χ1) is 8.97. The zero-order valence-corrected chi connectivity index (χ0v) is 10.7. The van der Waals surface area contributed by atoms with Gasteiger partial charge in [-0.15, -0.1) is 0 Å². The Morgan fingerprint density at radius 3 is 2.84 bits per heavy atom. The number of benzene rings is 1. The number of anilines is 1. The molecule has 2 amide bonds. The van der Waals surface area contributed by atoms with E-state index in [1.165, 1.54) is 17.0 Å². The Kier molecular flexibility index (Phi) is 4.01. The number of amides is 2. The van der Waals surface area contributed by atoms with E-state index >= 15 is 0 Å². The molecule has 2 rings (SSSR count). The van der Waals surface area contributed by atoms with Crippen LogP contribution in [0.25, 0.3) is 0 Å². The number of hydrogen-bond donors (Lipinski definition) is 2. The van der Waals surface area contributed by atoms with Crippen molar-refractivity contribution in [1.29, 1.82) is 0 Å². The average Bonchev–Trinajstić information content (AvgIpc) is 2.79. The molecular weight excluding hydrogens is 275 g/mol. The minimum absolute atomic E-state index is 0.115. The Balaban J connectivity index is 2.04. The SMILES string of the molecule is O=C(Nc1cc(Cl)ccc1F)C(=O)N1CC[C@@H](O)C1. The number of carbonyl (C=O) groups is 2. The summed E-state index contributed by atoms with van der Waals surface area (Å²) in [6, 6.07) is 3.66. The zero-order valence-electron chi connectivity index (χ0n) is 9.90. The number of hydrogen-bond acceptors (Lipinski definition) is 3. The second-order valence-corrected chi connectivity index (χ2v) is 4.71. The van der Waals surface area contributed by atoms with Crippen molar-refractivity contribution in [3.8, 4) is 0 Å². The minimum atomic E-state index is -0.949. The lowest BCUT2D eigenvalue weighted by molar-refractivity contribution is -0.142. The van der Waals surface area contributed by atoms with E-state index in [9.17, 15) is 19.1 Å². The van der Waals surface area contributed by atoms with Crippen molar-refractivity contribution in [3.05, 3.63) is 29.0 Å². The van der Waals surface area contributed by atoms with Crippen LogP contribution in [-0.4, -0.2) is 41.0 Å². The van der Waals surface area contributed by atoms with Gasteiger partial charge in [-0.25, -0.2) is 4.39 Å². The summed E-state index contributed by atoms with van der Waals surface area (Å²) in [6.45, 7) is 0.426. The molecule has 0 bridgehead atoms. The first-order valence-electron chi connectivity index (χ1n) is 5.71. The summed E-state index contributed by atoms with van der Waals surface area (Å²) in [5, 5.41) is 11.7. The second-order valence-electron chi connectivity index (χ2n) is 4.27. The van der Waals surface area contributed by atoms with Crippen molar-refractivity contribution in [2.24, 2.45) is 0 Å². The van der Waals surface area contributed by atoms with Crippen molar-refractivity contribution >= 4 is 29.1 Å². The van der Waals surface area contributed by atoms with E-state index in [1.54, 1.807) is 0 Å². The standard InChI is InChI=1S/C12H12ClFN2O3/c13-7-1-2-9(14)10(5-7)15-11(18)12(19)16-4-3-8(17)6-16/h1-2,5,8,17H,3-4,6H2,(H,15,18)/t8-/m1/s1. The first kappa shape index (κ1) is 13.8. The highest BCUT2D eigenvalue weighted by Crippen LogP contribution is 2.19. The molecule has 1 aliphatic rings. The lowest BCUT2D eigenvalue weighted by Crippen LogP contribution is -2.38. The number of β-amino-alcohol motifs (C(OH)–C–C–N with tert-alkyl or cyclic N) is 1. The Morgan fingerprint density at radius 1 is 1.47 bits per heavy atom. The van der Waals surface area contributed by atoms with Gasteiger partial charge in [-0.3, -0.25) is 9.59 Å². The largest absolute Gasteiger partial charge is 0.391 e. The molecule has 0 spiro atoms. The monoisotopic (exact) mass is 286 g/mol. The molecule has 2 N–H and O–H groups in total. The van der Waals surface area contributed by atoms with Crippen molar-refractivity contribution in [1.82, 2.24) is 4.90 Å². The Hall–Kier alpha value is -1.66. The number of aliphatic hydroxyl groups excluding tert-OH is 1. The predicted octanol–water partition coefficient (Wildman–Crippen LogP) is 1.01. The lowest BCUT2D eigenvalue weighted by atomic mass is 10.3. The summed E-state index contributed by atoms with van der Waals surface area (Å²) < 4.78 is 13.4. The maximum absolute atomic E-state index is 13.4. The highest BCUT2D eigenvalue weighted by atomic mass is 35.5. The molecule has 1 aliphatic heterocycles. The minimum Gasteiger partial charge on any atom is -0.391 e. The van der Waals surface area contributed by atoms with Gasteiger partial charge in [0.25, 0.3) is 0 Å². The van der Waals surface area contributed by atoms with Crippen molar-refractivity contribution in [2.75, 3.05) is 18.4 Å². The molecule has 0 unspecified atom stereocenters. The van der Waals surface area contributed by atoms with Gasteiger partial charge in [-0.1, -0.05) is 11.6 Å². The van der Waals surface area contributed by atoms with Gasteiger partial charge in [0.15, 0.2) is 0 Å². The first-order valence-corrected chi connectivity index (χ1v) is 6.08. The molecule has 0 saturated carbocycles. The van der Waals surface area contributed by atoms with Crippen LogP contribution in [0, 0.1) is 5.82 Å². The number of halogens is 2. The van der Waals surface area contributed by atoms with Gasteiger partial charge in [-0.05, 0) is 24.6 Å². The maximum Gasteiger partial charge on any atom is 0.313 e. The second kappa shape index (κ2) is 5.54. The molecular formula is C12H12ClFN2O3. The lowest BCUT2D eigenvalue weighted by Gasteiger charge is -2.15. The molecule has 1 saturated heterocycles. The number of nitrogens with zero attached hydrogens (tertiary/aromatic N) is 1. The highest BCUT2D eigenvalue weighted by molar-refractivity contribution is 6.39. The van der Waals surface area contributed by atoms with Gasteiger partial charge in [-0.2, -0.15) is 0 Å². The summed E-state index contributed by atoms with van der Waals surface area (Å²) in [7, 11) is 0. The number of rotatable bonds is 1. The van der Waals surface area contributed by atoms with Crippen molar-refractivity contribution in [2.45, 2.75) is 12.5 Å². The number of carbonyl (C=O) groups excluding carboxylic acids is 2. The van der Waals surface area contributed by atoms with Crippen LogP contribution in [0.3, 0.4) is 0 Å². The van der Waals surface area contributed by atoms with Crippen LogP contribution in [0.15, 0.2) is 18.2 Å². The summed E-state index contributed by atoms with van der Waals surface area (Å²) >= 11 is 5.68. The fourth-order valence-electron chi connectivity index (χ4n) is 1.84. The Morgan fingerprint density at radius 2 is 2.21 bits per heavy atom. The molecule has 102 valence electrons. The third-order valence-corrected chi connectivity index (χ3v) is 3.06. The van der Waals surface area contributed by atoms with Crippen LogP contribution in [-0.2, 0) is 9.59 Å². The summed E-state index contributed by atoms with van der Waals surface area (Å²) in [6.07, 6.45) is -0.176. The molecule has 7 heteroatoms. The van der Waals surface area contributed by atoms with E-state index in [0.717, 1.165) is 6.07 Å². The summed E-state index contributed by atoms with van der Waals surface area (Å²) in [5.74, 6) is -2.42. The van der Waals surface area contributed by atoms with Gasteiger partial charge in [0, 0.05) is 18.1 Å². The van der Waals surface area contributed by atoms with E-state index in [-0.39, 0.29) is 17.3 Å². The van der Waals surface area contributed by atoms with Crippen LogP contribution < -0.4 is 5.32 Å². The van der Waals surface area contributed by atoms with Gasteiger partial charge >= 0.3 is 11.8 Å². The molecule has 0 aromatic heterocycles. The van der Waals surface area contributed by atoms with Crippen LogP contribution in [0.4, 0.5) is 10.1 Å². The maximum atomic E-state index is 13.4. The topological polar surface area (TPSA) is 69.6 Å².